The molecule has 25 heavy (non-hydrogen) atoms. The molecule has 0 aromatic carbocycles. The first-order valence-corrected chi connectivity index (χ1v) is 11.4. The minimum Gasteiger partial charge on any atom is -0.459 e. The van der Waals surface area contributed by atoms with Crippen molar-refractivity contribution in [3.63, 3.8) is 0 Å². The van der Waals surface area contributed by atoms with Gasteiger partial charge in [-0.3, -0.25) is 9.69 Å². The molecule has 3 saturated heterocycles. The zero-order chi connectivity index (χ0) is 17.1. The van der Waals surface area contributed by atoms with Gasteiger partial charge in [-0.2, -0.15) is 23.5 Å². The molecule has 0 atom stereocenters. The maximum atomic E-state index is 12.5. The van der Waals surface area contributed by atoms with E-state index in [0.29, 0.717) is 11.8 Å². The van der Waals surface area contributed by atoms with E-state index in [2.05, 4.69) is 28.4 Å². The lowest BCUT2D eigenvalue weighted by molar-refractivity contribution is -0.137. The summed E-state index contributed by atoms with van der Waals surface area (Å²) in [6, 6.07) is 4.18. The summed E-state index contributed by atoms with van der Waals surface area (Å²) in [4.78, 5) is 17.0. The molecule has 0 unspecified atom stereocenters. The first-order chi connectivity index (χ1) is 12.3. The van der Waals surface area contributed by atoms with Crippen LogP contribution < -0.4 is 0 Å². The quantitative estimate of drug-likeness (QED) is 0.783. The number of morpholine rings is 1. The third-order valence-electron chi connectivity index (χ3n) is 5.48. The van der Waals surface area contributed by atoms with Gasteiger partial charge in [0.2, 0.25) is 0 Å². The summed E-state index contributed by atoms with van der Waals surface area (Å²) < 4.78 is 11.5. The molecule has 0 saturated carbocycles. The molecular weight excluding hydrogens is 356 g/mol. The van der Waals surface area contributed by atoms with Gasteiger partial charge in [-0.05, 0) is 25.0 Å². The Hall–Kier alpha value is -0.630. The second-order valence-electron chi connectivity index (χ2n) is 7.08. The van der Waals surface area contributed by atoms with Gasteiger partial charge in [-0.25, -0.2) is 0 Å². The first-order valence-electron chi connectivity index (χ1n) is 9.12. The van der Waals surface area contributed by atoms with Crippen molar-refractivity contribution < 1.29 is 13.9 Å². The lowest BCUT2D eigenvalue weighted by Gasteiger charge is -2.49. The topological polar surface area (TPSA) is 45.9 Å². The van der Waals surface area contributed by atoms with Gasteiger partial charge in [-0.15, -0.1) is 0 Å². The van der Waals surface area contributed by atoms with E-state index in [0.717, 1.165) is 45.6 Å². The summed E-state index contributed by atoms with van der Waals surface area (Å²) in [5, 5.41) is 0. The molecule has 0 aliphatic carbocycles. The van der Waals surface area contributed by atoms with Crippen LogP contribution in [0.25, 0.3) is 0 Å². The first kappa shape index (κ1) is 17.8. The number of hydrogen-bond acceptors (Lipinski definition) is 6. The van der Waals surface area contributed by atoms with Crippen molar-refractivity contribution >= 4 is 29.4 Å². The molecule has 3 aliphatic heterocycles. The Morgan fingerprint density at radius 3 is 2.60 bits per heavy atom. The van der Waals surface area contributed by atoms with Crippen LogP contribution in [0.3, 0.4) is 0 Å². The molecule has 7 heteroatoms. The van der Waals surface area contributed by atoms with Gasteiger partial charge in [-0.1, -0.05) is 0 Å². The summed E-state index contributed by atoms with van der Waals surface area (Å²) in [5.41, 5.74) is -0.0696. The fourth-order valence-electron chi connectivity index (χ4n) is 3.98. The molecule has 0 radical (unpaired) electrons. The summed E-state index contributed by atoms with van der Waals surface area (Å²) in [6.45, 7) is 4.38. The molecule has 4 heterocycles. The Morgan fingerprint density at radius 2 is 1.92 bits per heavy atom. The van der Waals surface area contributed by atoms with Crippen molar-refractivity contribution in [3.8, 4) is 0 Å². The number of carbonyl (C=O) groups is 1. The molecule has 1 amide bonds. The molecule has 3 aliphatic rings. The number of nitrogens with zero attached hydrogens (tertiary/aromatic N) is 2. The molecule has 0 bridgehead atoms. The predicted molar refractivity (Wildman–Crippen MR) is 103 cm³/mol. The smallest absolute Gasteiger partial charge is 0.289 e. The normalized spacial score (nSPS) is 25.8. The average molecular weight is 383 g/mol. The highest BCUT2D eigenvalue weighted by molar-refractivity contribution is 8.03. The number of furan rings is 1. The molecular formula is C18H26N2O3S2. The number of thioether (sulfide) groups is 2. The Labute approximate surface area is 157 Å². The molecule has 5 nitrogen and oxygen atoms in total. The number of piperidine rings is 1. The minimum atomic E-state index is -0.0696. The van der Waals surface area contributed by atoms with Crippen molar-refractivity contribution in [1.82, 2.24) is 9.80 Å². The molecule has 1 spiro atoms. The minimum absolute atomic E-state index is 0.00378. The van der Waals surface area contributed by atoms with Crippen LogP contribution in [-0.4, -0.2) is 83.1 Å². The van der Waals surface area contributed by atoms with Crippen molar-refractivity contribution in [2.45, 2.75) is 24.5 Å². The molecule has 1 aromatic heterocycles. The van der Waals surface area contributed by atoms with Crippen LogP contribution in [-0.2, 0) is 4.74 Å². The van der Waals surface area contributed by atoms with Crippen molar-refractivity contribution in [1.29, 1.82) is 0 Å². The third kappa shape index (κ3) is 4.04. The monoisotopic (exact) mass is 382 g/mol. The Balaban J connectivity index is 1.35. The van der Waals surface area contributed by atoms with E-state index in [1.54, 1.807) is 18.4 Å². The van der Waals surface area contributed by atoms with Crippen LogP contribution in [0.4, 0.5) is 0 Å². The van der Waals surface area contributed by atoms with Crippen LogP contribution in [0.5, 0.6) is 0 Å². The molecule has 1 aromatic rings. The Kier molecular flexibility index (Phi) is 5.65. The number of amides is 1. The highest BCUT2D eigenvalue weighted by Gasteiger charge is 2.42. The van der Waals surface area contributed by atoms with Gasteiger partial charge in [0.05, 0.1) is 18.5 Å². The summed E-state index contributed by atoms with van der Waals surface area (Å²) in [6.07, 6.45) is 3.40. The largest absolute Gasteiger partial charge is 0.459 e. The lowest BCUT2D eigenvalue weighted by Crippen LogP contribution is -2.60. The van der Waals surface area contributed by atoms with Gasteiger partial charge in [0.1, 0.15) is 0 Å². The van der Waals surface area contributed by atoms with Gasteiger partial charge in [0.15, 0.2) is 5.76 Å². The Bertz CT molecular complexity index is 565. The van der Waals surface area contributed by atoms with E-state index in [4.69, 9.17) is 9.15 Å². The van der Waals surface area contributed by atoms with E-state index < -0.39 is 0 Å². The fraction of sp³-hybridized carbons (Fsp3) is 0.722. The zero-order valence-corrected chi connectivity index (χ0v) is 16.2. The summed E-state index contributed by atoms with van der Waals surface area (Å²) in [5.74, 6) is 5.48. The molecule has 138 valence electrons. The zero-order valence-electron chi connectivity index (χ0n) is 14.5. The second kappa shape index (κ2) is 7.94. The molecule has 4 rings (SSSR count). The van der Waals surface area contributed by atoms with Gasteiger partial charge in [0, 0.05) is 55.2 Å². The molecule has 3 fully saturated rings. The Morgan fingerprint density at radius 1 is 1.16 bits per heavy atom. The van der Waals surface area contributed by atoms with Crippen LogP contribution >= 0.6 is 23.5 Å². The number of rotatable bonds is 2. The van der Waals surface area contributed by atoms with Crippen molar-refractivity contribution in [2.75, 3.05) is 55.8 Å². The van der Waals surface area contributed by atoms with Crippen LogP contribution in [0.1, 0.15) is 23.4 Å². The highest BCUT2D eigenvalue weighted by atomic mass is 32.2. The number of hydrogen-bond donors (Lipinski definition) is 0. The molecule has 0 N–H and O–H groups in total. The fourth-order valence-corrected chi connectivity index (χ4v) is 6.60. The summed E-state index contributed by atoms with van der Waals surface area (Å²) in [7, 11) is 0. The van der Waals surface area contributed by atoms with Crippen LogP contribution in [0.15, 0.2) is 22.8 Å². The van der Waals surface area contributed by atoms with E-state index in [1.165, 1.54) is 23.0 Å². The highest BCUT2D eigenvalue weighted by Crippen LogP contribution is 2.33. The SMILES string of the molecule is O=C(c1ccco1)N1CCC2(CC1)CN(C1CSCCSC1)CCO2. The van der Waals surface area contributed by atoms with Crippen molar-refractivity contribution in [2.24, 2.45) is 0 Å². The van der Waals surface area contributed by atoms with Gasteiger partial charge >= 0.3 is 0 Å². The van der Waals surface area contributed by atoms with E-state index in [9.17, 15) is 4.79 Å². The van der Waals surface area contributed by atoms with Crippen LogP contribution in [0.2, 0.25) is 0 Å². The van der Waals surface area contributed by atoms with E-state index in [1.807, 2.05) is 4.90 Å². The maximum absolute atomic E-state index is 12.5. The van der Waals surface area contributed by atoms with Gasteiger partial charge < -0.3 is 14.1 Å². The number of likely N-dealkylation sites (tertiary alicyclic amines) is 1. The maximum Gasteiger partial charge on any atom is 0.289 e. The number of ether oxygens (including phenoxy) is 1. The van der Waals surface area contributed by atoms with E-state index >= 15 is 0 Å². The second-order valence-corrected chi connectivity index (χ2v) is 9.37. The van der Waals surface area contributed by atoms with E-state index in [-0.39, 0.29) is 11.5 Å². The predicted octanol–water partition coefficient (Wildman–Crippen LogP) is 2.44. The standard InChI is InChI=1S/C18H26N2O3S2/c21-17(16-2-1-8-22-16)19-5-3-18(4-6-19)14-20(7-9-23-18)15-12-24-10-11-25-13-15/h1-2,8,15H,3-7,9-14H2. The third-order valence-corrected chi connectivity index (χ3v) is 7.97. The average Bonchev–Trinajstić information content (AvgIpc) is 3.04. The van der Waals surface area contributed by atoms with Crippen LogP contribution in [0, 0.1) is 0 Å². The summed E-state index contributed by atoms with van der Waals surface area (Å²) >= 11 is 4.18. The lowest BCUT2D eigenvalue weighted by atomic mass is 9.88. The number of carbonyl (C=O) groups excluding carboxylic acids is 1. The van der Waals surface area contributed by atoms with Gasteiger partial charge in [0.25, 0.3) is 5.91 Å². The van der Waals surface area contributed by atoms with Crippen molar-refractivity contribution in [3.05, 3.63) is 24.2 Å².